The van der Waals surface area contributed by atoms with E-state index in [1.54, 1.807) is 7.05 Å². The van der Waals surface area contributed by atoms with Gasteiger partial charge in [0, 0.05) is 26.2 Å². The first-order valence-corrected chi connectivity index (χ1v) is 5.36. The van der Waals surface area contributed by atoms with Crippen molar-refractivity contribution in [3.05, 3.63) is 5.56 Å². The molecule has 0 amide bonds. The van der Waals surface area contributed by atoms with Crippen LogP contribution in [0, 0.1) is 11.3 Å². The molecule has 16 heavy (non-hydrogen) atoms. The molecular formula is C10H16N6. The minimum atomic E-state index is 0.156. The number of anilines is 2. The van der Waals surface area contributed by atoms with Crippen LogP contribution in [-0.4, -0.2) is 28.9 Å². The first kappa shape index (κ1) is 10.8. The van der Waals surface area contributed by atoms with Crippen LogP contribution in [0.4, 0.5) is 11.6 Å². The molecule has 0 radical (unpaired) electrons. The van der Waals surface area contributed by atoms with Crippen LogP contribution in [0.15, 0.2) is 0 Å². The second kappa shape index (κ2) is 4.02. The molecule has 1 aromatic heterocycles. The quantitative estimate of drug-likeness (QED) is 0.683. The lowest BCUT2D eigenvalue weighted by atomic mass is 10.1. The van der Waals surface area contributed by atoms with Gasteiger partial charge in [-0.25, -0.2) is 4.68 Å². The highest BCUT2D eigenvalue weighted by molar-refractivity contribution is 5.65. The lowest BCUT2D eigenvalue weighted by Crippen LogP contribution is -2.43. The van der Waals surface area contributed by atoms with E-state index in [1.165, 1.54) is 4.68 Å². The normalized spacial score (nSPS) is 20.8. The molecule has 6 nitrogen and oxygen atoms in total. The van der Waals surface area contributed by atoms with E-state index in [9.17, 15) is 0 Å². The minimum absolute atomic E-state index is 0.156. The van der Waals surface area contributed by atoms with Crippen LogP contribution in [0.25, 0.3) is 0 Å². The summed E-state index contributed by atoms with van der Waals surface area (Å²) in [5, 5.41) is 13.3. The molecule has 0 aliphatic carbocycles. The van der Waals surface area contributed by atoms with Crippen molar-refractivity contribution in [2.75, 3.05) is 23.7 Å². The Bertz CT molecular complexity index is 429. The predicted octanol–water partition coefficient (Wildman–Crippen LogP) is -0.199. The second-order valence-electron chi connectivity index (χ2n) is 4.17. The molecule has 0 spiro atoms. The fourth-order valence-electron chi connectivity index (χ4n) is 2.05. The van der Waals surface area contributed by atoms with Gasteiger partial charge in [-0.1, -0.05) is 0 Å². The lowest BCUT2D eigenvalue weighted by molar-refractivity contribution is 0.501. The number of hydrogen-bond donors (Lipinski definition) is 2. The molecule has 0 saturated carbocycles. The maximum absolute atomic E-state index is 9.07. The van der Waals surface area contributed by atoms with Gasteiger partial charge in [0.2, 0.25) is 0 Å². The zero-order valence-corrected chi connectivity index (χ0v) is 9.35. The molecule has 1 aliphatic rings. The van der Waals surface area contributed by atoms with E-state index in [0.29, 0.717) is 17.2 Å². The average molecular weight is 220 g/mol. The van der Waals surface area contributed by atoms with E-state index in [0.717, 1.165) is 25.9 Å². The summed E-state index contributed by atoms with van der Waals surface area (Å²) < 4.78 is 1.54. The SMILES string of the molecule is Cn1nc(N2CCCC(N)C2)c(C#N)c1N. The van der Waals surface area contributed by atoms with Gasteiger partial charge in [0.05, 0.1) is 0 Å². The van der Waals surface area contributed by atoms with Gasteiger partial charge in [-0.05, 0) is 12.8 Å². The molecule has 1 aliphatic heterocycles. The molecule has 1 fully saturated rings. The third-order valence-corrected chi connectivity index (χ3v) is 2.94. The maximum Gasteiger partial charge on any atom is 0.170 e. The van der Waals surface area contributed by atoms with Crippen LogP contribution < -0.4 is 16.4 Å². The number of piperidine rings is 1. The third-order valence-electron chi connectivity index (χ3n) is 2.94. The Hall–Kier alpha value is -1.74. The van der Waals surface area contributed by atoms with Crippen molar-refractivity contribution < 1.29 is 0 Å². The zero-order chi connectivity index (χ0) is 11.7. The number of nitriles is 1. The highest BCUT2D eigenvalue weighted by Crippen LogP contribution is 2.25. The topological polar surface area (TPSA) is 96.9 Å². The summed E-state index contributed by atoms with van der Waals surface area (Å²) >= 11 is 0. The molecule has 1 atom stereocenters. The number of hydrogen-bond acceptors (Lipinski definition) is 5. The van der Waals surface area contributed by atoms with Crippen molar-refractivity contribution in [3.8, 4) is 6.07 Å². The van der Waals surface area contributed by atoms with Gasteiger partial charge in [0.1, 0.15) is 17.5 Å². The Morgan fingerprint density at radius 3 is 2.94 bits per heavy atom. The van der Waals surface area contributed by atoms with E-state index in [1.807, 2.05) is 4.90 Å². The Morgan fingerprint density at radius 1 is 1.56 bits per heavy atom. The Labute approximate surface area is 94.4 Å². The minimum Gasteiger partial charge on any atom is -0.383 e. The molecule has 86 valence electrons. The molecule has 0 aromatic carbocycles. The lowest BCUT2D eigenvalue weighted by Gasteiger charge is -2.30. The van der Waals surface area contributed by atoms with Crippen LogP contribution in [0.2, 0.25) is 0 Å². The van der Waals surface area contributed by atoms with Gasteiger partial charge in [-0.2, -0.15) is 10.4 Å². The van der Waals surface area contributed by atoms with Crippen molar-refractivity contribution >= 4 is 11.6 Å². The van der Waals surface area contributed by atoms with Gasteiger partial charge in [-0.3, -0.25) is 0 Å². The van der Waals surface area contributed by atoms with Crippen molar-refractivity contribution in [1.82, 2.24) is 9.78 Å². The number of aryl methyl sites for hydroxylation is 1. The highest BCUT2D eigenvalue weighted by Gasteiger charge is 2.23. The van der Waals surface area contributed by atoms with Crippen LogP contribution in [0.1, 0.15) is 18.4 Å². The van der Waals surface area contributed by atoms with Crippen LogP contribution in [-0.2, 0) is 7.05 Å². The Balaban J connectivity index is 2.33. The fraction of sp³-hybridized carbons (Fsp3) is 0.600. The highest BCUT2D eigenvalue weighted by atomic mass is 15.4. The molecular weight excluding hydrogens is 204 g/mol. The summed E-state index contributed by atoms with van der Waals surface area (Å²) in [5.74, 6) is 1.08. The summed E-state index contributed by atoms with van der Waals surface area (Å²) in [4.78, 5) is 2.04. The molecule has 1 saturated heterocycles. The first-order chi connectivity index (χ1) is 7.63. The third kappa shape index (κ3) is 1.70. The Kier molecular flexibility index (Phi) is 2.71. The largest absolute Gasteiger partial charge is 0.383 e. The average Bonchev–Trinajstić information content (AvgIpc) is 2.55. The summed E-state index contributed by atoms with van der Waals surface area (Å²) in [6, 6.07) is 2.26. The molecule has 2 rings (SSSR count). The van der Waals surface area contributed by atoms with Gasteiger partial charge < -0.3 is 16.4 Å². The van der Waals surface area contributed by atoms with Crippen molar-refractivity contribution in [1.29, 1.82) is 5.26 Å². The number of nitrogen functional groups attached to an aromatic ring is 1. The molecule has 2 heterocycles. The fourth-order valence-corrected chi connectivity index (χ4v) is 2.05. The number of nitrogens with zero attached hydrogens (tertiary/aromatic N) is 4. The van der Waals surface area contributed by atoms with Gasteiger partial charge in [0.15, 0.2) is 5.82 Å². The van der Waals surface area contributed by atoms with Crippen molar-refractivity contribution in [2.24, 2.45) is 12.8 Å². The number of rotatable bonds is 1. The predicted molar refractivity (Wildman–Crippen MR) is 61.8 cm³/mol. The number of nitrogens with two attached hydrogens (primary N) is 2. The van der Waals surface area contributed by atoms with E-state index in [4.69, 9.17) is 16.7 Å². The first-order valence-electron chi connectivity index (χ1n) is 5.36. The standard InChI is InChI=1S/C10H16N6/c1-15-9(13)8(5-11)10(14-15)16-4-2-3-7(12)6-16/h7H,2-4,6,12-13H2,1H3. The number of aromatic nitrogens is 2. The van der Waals surface area contributed by atoms with Crippen LogP contribution in [0.3, 0.4) is 0 Å². The maximum atomic E-state index is 9.07. The molecule has 1 unspecified atom stereocenters. The monoisotopic (exact) mass is 220 g/mol. The zero-order valence-electron chi connectivity index (χ0n) is 9.35. The van der Waals surface area contributed by atoms with Gasteiger partial charge in [0.25, 0.3) is 0 Å². The molecule has 1 aromatic rings. The van der Waals surface area contributed by atoms with E-state index < -0.39 is 0 Å². The van der Waals surface area contributed by atoms with E-state index in [2.05, 4.69) is 11.2 Å². The molecule has 4 N–H and O–H groups in total. The van der Waals surface area contributed by atoms with Gasteiger partial charge >= 0.3 is 0 Å². The molecule has 6 heteroatoms. The summed E-state index contributed by atoms with van der Waals surface area (Å²) in [6.07, 6.45) is 2.06. The van der Waals surface area contributed by atoms with Gasteiger partial charge in [-0.15, -0.1) is 0 Å². The summed E-state index contributed by atoms with van der Waals surface area (Å²) in [5.41, 5.74) is 12.1. The second-order valence-corrected chi connectivity index (χ2v) is 4.17. The van der Waals surface area contributed by atoms with Crippen LogP contribution >= 0.6 is 0 Å². The van der Waals surface area contributed by atoms with Crippen LogP contribution in [0.5, 0.6) is 0 Å². The Morgan fingerprint density at radius 2 is 2.31 bits per heavy atom. The molecule has 0 bridgehead atoms. The van der Waals surface area contributed by atoms with E-state index >= 15 is 0 Å². The summed E-state index contributed by atoms with van der Waals surface area (Å²) in [6.45, 7) is 1.63. The van der Waals surface area contributed by atoms with E-state index in [-0.39, 0.29) is 6.04 Å². The summed E-state index contributed by atoms with van der Waals surface area (Å²) in [7, 11) is 1.74. The van der Waals surface area contributed by atoms with Crippen molar-refractivity contribution in [3.63, 3.8) is 0 Å². The van der Waals surface area contributed by atoms with Crippen molar-refractivity contribution in [2.45, 2.75) is 18.9 Å². The smallest absolute Gasteiger partial charge is 0.170 e.